The predicted molar refractivity (Wildman–Crippen MR) is 138 cm³/mol. The first-order valence-corrected chi connectivity index (χ1v) is 10.9. The SMILES string of the molecule is Cl.Cl.Nc1cccc(CCN2CCCC2CN2c3ccccc3COc3ccccc32)c1. The molecule has 1 atom stereocenters. The lowest BCUT2D eigenvalue weighted by Gasteiger charge is -2.32. The number of halogens is 2. The number of anilines is 3. The fourth-order valence-corrected chi connectivity index (χ4v) is 4.81. The molecule has 32 heavy (non-hydrogen) atoms. The summed E-state index contributed by atoms with van der Waals surface area (Å²) in [5, 5.41) is 0. The molecule has 2 aliphatic heterocycles. The monoisotopic (exact) mass is 471 g/mol. The van der Waals surface area contributed by atoms with Crippen molar-refractivity contribution in [3.63, 3.8) is 0 Å². The van der Waals surface area contributed by atoms with Crippen LogP contribution in [0.5, 0.6) is 5.75 Å². The summed E-state index contributed by atoms with van der Waals surface area (Å²) in [6, 6.07) is 25.9. The van der Waals surface area contributed by atoms with Crippen LogP contribution in [0.4, 0.5) is 17.1 Å². The fourth-order valence-electron chi connectivity index (χ4n) is 4.81. The van der Waals surface area contributed by atoms with Crippen LogP contribution in [0.1, 0.15) is 24.0 Å². The molecule has 2 aliphatic rings. The second-order valence-corrected chi connectivity index (χ2v) is 8.32. The lowest BCUT2D eigenvalue weighted by atomic mass is 10.1. The van der Waals surface area contributed by atoms with Crippen LogP contribution in [-0.4, -0.2) is 30.6 Å². The van der Waals surface area contributed by atoms with E-state index in [4.69, 9.17) is 10.5 Å². The molecule has 2 N–H and O–H groups in total. The first-order valence-electron chi connectivity index (χ1n) is 10.9. The Morgan fingerprint density at radius 2 is 1.69 bits per heavy atom. The van der Waals surface area contributed by atoms with Crippen molar-refractivity contribution < 1.29 is 4.74 Å². The topological polar surface area (TPSA) is 41.7 Å². The number of hydrogen-bond donors (Lipinski definition) is 1. The maximum Gasteiger partial charge on any atom is 0.143 e. The van der Waals surface area contributed by atoms with Crippen molar-refractivity contribution in [2.24, 2.45) is 0 Å². The third-order valence-corrected chi connectivity index (χ3v) is 6.35. The molecule has 0 bridgehead atoms. The number of nitrogen functional groups attached to an aromatic ring is 1. The van der Waals surface area contributed by atoms with Gasteiger partial charge in [-0.15, -0.1) is 24.8 Å². The van der Waals surface area contributed by atoms with Gasteiger partial charge in [0.15, 0.2) is 0 Å². The fraction of sp³-hybridized carbons (Fsp3) is 0.308. The molecule has 0 saturated carbocycles. The van der Waals surface area contributed by atoms with E-state index in [1.54, 1.807) is 0 Å². The van der Waals surface area contributed by atoms with Gasteiger partial charge in [-0.3, -0.25) is 4.90 Å². The molecule has 0 spiro atoms. The molecule has 0 aliphatic carbocycles. The minimum absolute atomic E-state index is 0. The minimum atomic E-state index is 0. The summed E-state index contributed by atoms with van der Waals surface area (Å²) >= 11 is 0. The molecule has 2 heterocycles. The van der Waals surface area contributed by atoms with E-state index in [1.807, 2.05) is 6.07 Å². The van der Waals surface area contributed by atoms with Crippen LogP contribution in [0.25, 0.3) is 0 Å². The van der Waals surface area contributed by atoms with Crippen molar-refractivity contribution in [2.45, 2.75) is 31.9 Å². The third-order valence-electron chi connectivity index (χ3n) is 6.35. The van der Waals surface area contributed by atoms with Gasteiger partial charge in [-0.25, -0.2) is 0 Å². The van der Waals surface area contributed by atoms with Crippen molar-refractivity contribution in [3.05, 3.63) is 83.9 Å². The zero-order valence-electron chi connectivity index (χ0n) is 18.2. The van der Waals surface area contributed by atoms with Gasteiger partial charge in [-0.2, -0.15) is 0 Å². The molecule has 0 amide bonds. The van der Waals surface area contributed by atoms with Gasteiger partial charge in [-0.05, 0) is 61.7 Å². The molecule has 0 radical (unpaired) electrons. The zero-order valence-corrected chi connectivity index (χ0v) is 19.8. The predicted octanol–water partition coefficient (Wildman–Crippen LogP) is 5.85. The summed E-state index contributed by atoms with van der Waals surface area (Å²) in [6.45, 7) is 3.84. The van der Waals surface area contributed by atoms with E-state index in [2.05, 4.69) is 76.5 Å². The number of rotatable bonds is 5. The Labute approximate surface area is 203 Å². The molecule has 3 aromatic carbocycles. The molecular weight excluding hydrogens is 441 g/mol. The van der Waals surface area contributed by atoms with Crippen LogP contribution >= 0.6 is 24.8 Å². The highest BCUT2D eigenvalue weighted by molar-refractivity contribution is 5.85. The summed E-state index contributed by atoms with van der Waals surface area (Å²) in [5.41, 5.74) is 11.8. The molecule has 1 fully saturated rings. The Balaban J connectivity index is 0.00000144. The second kappa shape index (κ2) is 11.0. The Morgan fingerprint density at radius 3 is 2.53 bits per heavy atom. The first kappa shape index (κ1) is 24.2. The van der Waals surface area contributed by atoms with E-state index in [1.165, 1.54) is 41.9 Å². The Bertz CT molecular complexity index is 982. The number of ether oxygens (including phenoxy) is 1. The highest BCUT2D eigenvalue weighted by Gasteiger charge is 2.29. The quantitative estimate of drug-likeness (QED) is 0.473. The van der Waals surface area contributed by atoms with E-state index in [-0.39, 0.29) is 24.8 Å². The number of hydrogen-bond acceptors (Lipinski definition) is 4. The van der Waals surface area contributed by atoms with Crippen molar-refractivity contribution in [1.82, 2.24) is 4.90 Å². The molecule has 1 unspecified atom stereocenters. The maximum absolute atomic E-state index is 6.15. The van der Waals surface area contributed by atoms with Crippen LogP contribution < -0.4 is 15.4 Å². The average Bonchev–Trinajstić information content (AvgIpc) is 3.15. The number of fused-ring (bicyclic) bond motifs is 2. The van der Waals surface area contributed by atoms with Crippen molar-refractivity contribution in [1.29, 1.82) is 0 Å². The number of likely N-dealkylation sites (tertiary alicyclic amines) is 1. The molecule has 4 nitrogen and oxygen atoms in total. The van der Waals surface area contributed by atoms with E-state index < -0.39 is 0 Å². The van der Waals surface area contributed by atoms with Gasteiger partial charge in [-0.1, -0.05) is 42.5 Å². The molecule has 0 aromatic heterocycles. The van der Waals surface area contributed by atoms with E-state index in [0.717, 1.165) is 30.9 Å². The van der Waals surface area contributed by atoms with Gasteiger partial charge >= 0.3 is 0 Å². The Kier molecular flexibility index (Phi) is 8.30. The second-order valence-electron chi connectivity index (χ2n) is 8.32. The third kappa shape index (κ3) is 5.15. The number of para-hydroxylation sites is 3. The van der Waals surface area contributed by atoms with Crippen molar-refractivity contribution in [3.8, 4) is 5.75 Å². The summed E-state index contributed by atoms with van der Waals surface area (Å²) < 4.78 is 6.15. The van der Waals surface area contributed by atoms with Gasteiger partial charge in [0.2, 0.25) is 0 Å². The lowest BCUT2D eigenvalue weighted by molar-refractivity contribution is 0.261. The summed E-state index contributed by atoms with van der Waals surface area (Å²) in [4.78, 5) is 5.13. The number of benzene rings is 3. The summed E-state index contributed by atoms with van der Waals surface area (Å²) in [6.07, 6.45) is 3.53. The van der Waals surface area contributed by atoms with E-state index >= 15 is 0 Å². The van der Waals surface area contributed by atoms with Gasteiger partial charge < -0.3 is 15.4 Å². The molecule has 6 heteroatoms. The highest BCUT2D eigenvalue weighted by atomic mass is 35.5. The molecular formula is C26H31Cl2N3O. The van der Waals surface area contributed by atoms with E-state index in [0.29, 0.717) is 12.6 Å². The number of nitrogens with zero attached hydrogens (tertiary/aromatic N) is 2. The summed E-state index contributed by atoms with van der Waals surface area (Å²) in [5.74, 6) is 0.970. The molecule has 5 rings (SSSR count). The Hall–Kier alpha value is -2.40. The zero-order chi connectivity index (χ0) is 20.3. The van der Waals surface area contributed by atoms with Crippen molar-refractivity contribution in [2.75, 3.05) is 30.3 Å². The van der Waals surface area contributed by atoms with Crippen LogP contribution in [0.3, 0.4) is 0 Å². The van der Waals surface area contributed by atoms with Crippen LogP contribution in [-0.2, 0) is 13.0 Å². The van der Waals surface area contributed by atoms with Crippen molar-refractivity contribution >= 4 is 41.9 Å². The molecule has 3 aromatic rings. The average molecular weight is 472 g/mol. The smallest absolute Gasteiger partial charge is 0.143 e. The van der Waals surface area contributed by atoms with Crippen LogP contribution in [0.15, 0.2) is 72.8 Å². The standard InChI is InChI=1S/C26H29N3O.2ClH/c27-22-9-5-7-20(17-22)14-16-28-15-6-10-23(28)18-29-24-11-2-1-8-21(24)19-30-26-13-4-3-12-25(26)29;;/h1-5,7-9,11-13,17,23H,6,10,14-16,18-19,27H2;2*1H. The van der Waals surface area contributed by atoms with Gasteiger partial charge in [0, 0.05) is 36.1 Å². The van der Waals surface area contributed by atoms with Crippen LogP contribution in [0.2, 0.25) is 0 Å². The maximum atomic E-state index is 6.15. The van der Waals surface area contributed by atoms with Gasteiger partial charge in [0.1, 0.15) is 12.4 Å². The largest absolute Gasteiger partial charge is 0.487 e. The number of nitrogens with two attached hydrogens (primary N) is 1. The highest BCUT2D eigenvalue weighted by Crippen LogP contribution is 2.40. The van der Waals surface area contributed by atoms with Gasteiger partial charge in [0.05, 0.1) is 5.69 Å². The van der Waals surface area contributed by atoms with Crippen LogP contribution in [0, 0.1) is 0 Å². The van der Waals surface area contributed by atoms with E-state index in [9.17, 15) is 0 Å². The molecule has 170 valence electrons. The first-order chi connectivity index (χ1) is 14.8. The Morgan fingerprint density at radius 1 is 0.906 bits per heavy atom. The van der Waals surface area contributed by atoms with Gasteiger partial charge in [0.25, 0.3) is 0 Å². The minimum Gasteiger partial charge on any atom is -0.487 e. The molecule has 1 saturated heterocycles. The normalized spacial score (nSPS) is 17.2. The summed E-state index contributed by atoms with van der Waals surface area (Å²) in [7, 11) is 0. The lowest BCUT2D eigenvalue weighted by Crippen LogP contribution is -2.39.